The van der Waals surface area contributed by atoms with E-state index >= 15 is 0 Å². The summed E-state index contributed by atoms with van der Waals surface area (Å²) in [5, 5.41) is 2.86. The van der Waals surface area contributed by atoms with Gasteiger partial charge in [0.05, 0.1) is 11.3 Å². The Kier molecular flexibility index (Phi) is 4.75. The van der Waals surface area contributed by atoms with Crippen LogP contribution in [0.15, 0.2) is 36.7 Å². The average Bonchev–Trinajstić information content (AvgIpc) is 3.54. The van der Waals surface area contributed by atoms with Gasteiger partial charge < -0.3 is 16.0 Å². The minimum absolute atomic E-state index is 0.0651. The van der Waals surface area contributed by atoms with Crippen LogP contribution in [0.5, 0.6) is 0 Å². The zero-order valence-electron chi connectivity index (χ0n) is 15.1. The third-order valence-corrected chi connectivity index (χ3v) is 5.31. The highest BCUT2D eigenvalue weighted by Gasteiger charge is 2.28. The normalized spacial score (nSPS) is 17.6. The fourth-order valence-corrected chi connectivity index (χ4v) is 3.55. The number of nitrogens with zero attached hydrogens (tertiary/aromatic N) is 3. The van der Waals surface area contributed by atoms with Crippen LogP contribution in [0.4, 0.5) is 11.5 Å². The van der Waals surface area contributed by atoms with Gasteiger partial charge in [-0.3, -0.25) is 9.59 Å². The van der Waals surface area contributed by atoms with Crippen LogP contribution in [0.25, 0.3) is 0 Å². The van der Waals surface area contributed by atoms with Gasteiger partial charge in [-0.05, 0) is 37.8 Å². The minimum atomic E-state index is -0.545. The number of carbonyl (C=O) groups excluding carboxylic acids is 2. The van der Waals surface area contributed by atoms with Crippen LogP contribution in [-0.4, -0.2) is 34.9 Å². The summed E-state index contributed by atoms with van der Waals surface area (Å²) < 4.78 is 0. The molecule has 1 saturated heterocycles. The molecule has 0 bridgehead atoms. The zero-order valence-corrected chi connectivity index (χ0v) is 15.1. The van der Waals surface area contributed by atoms with Crippen molar-refractivity contribution in [1.29, 1.82) is 0 Å². The monoisotopic (exact) mass is 365 g/mol. The van der Waals surface area contributed by atoms with E-state index in [0.29, 0.717) is 17.2 Å². The number of primary amides is 1. The molecule has 0 unspecified atom stereocenters. The molecule has 0 radical (unpaired) electrons. The third kappa shape index (κ3) is 3.92. The van der Waals surface area contributed by atoms with Crippen LogP contribution in [0.3, 0.4) is 0 Å². The van der Waals surface area contributed by atoms with Gasteiger partial charge in [0.2, 0.25) is 5.91 Å². The SMILES string of the molecule is NC(=O)c1ccccc1NC(=O)C1CCN(c2cc(C3CC3)ncn2)CC1. The molecule has 2 heterocycles. The molecule has 2 fully saturated rings. The lowest BCUT2D eigenvalue weighted by atomic mass is 9.95. The predicted molar refractivity (Wildman–Crippen MR) is 103 cm³/mol. The molecule has 3 N–H and O–H groups in total. The van der Waals surface area contributed by atoms with E-state index < -0.39 is 5.91 Å². The lowest BCUT2D eigenvalue weighted by Crippen LogP contribution is -2.38. The lowest BCUT2D eigenvalue weighted by molar-refractivity contribution is -0.120. The number of aromatic nitrogens is 2. The van der Waals surface area contributed by atoms with Crippen molar-refractivity contribution in [2.24, 2.45) is 11.7 Å². The van der Waals surface area contributed by atoms with Crippen LogP contribution in [0, 0.1) is 5.92 Å². The maximum absolute atomic E-state index is 12.6. The number of anilines is 2. The number of hydrogen-bond acceptors (Lipinski definition) is 5. The molecule has 27 heavy (non-hydrogen) atoms. The van der Waals surface area contributed by atoms with E-state index in [1.54, 1.807) is 30.6 Å². The largest absolute Gasteiger partial charge is 0.366 e. The molecule has 2 aromatic rings. The molecule has 1 aliphatic heterocycles. The van der Waals surface area contributed by atoms with Crippen molar-refractivity contribution in [3.8, 4) is 0 Å². The summed E-state index contributed by atoms with van der Waals surface area (Å²) in [5.41, 5.74) is 7.31. The van der Waals surface area contributed by atoms with E-state index in [4.69, 9.17) is 5.73 Å². The van der Waals surface area contributed by atoms with Crippen LogP contribution in [-0.2, 0) is 4.79 Å². The van der Waals surface area contributed by atoms with Gasteiger partial charge in [0.15, 0.2) is 0 Å². The fraction of sp³-hybridized carbons (Fsp3) is 0.400. The number of benzene rings is 1. The first-order chi connectivity index (χ1) is 13.1. The van der Waals surface area contributed by atoms with Gasteiger partial charge in [-0.1, -0.05) is 12.1 Å². The lowest BCUT2D eigenvalue weighted by Gasteiger charge is -2.32. The summed E-state index contributed by atoms with van der Waals surface area (Å²) in [6.07, 6.45) is 5.56. The number of carbonyl (C=O) groups is 2. The van der Waals surface area contributed by atoms with Crippen LogP contribution in [0.1, 0.15) is 47.7 Å². The summed E-state index contributed by atoms with van der Waals surface area (Å²) in [4.78, 5) is 35.1. The Balaban J connectivity index is 1.37. The second-order valence-electron chi connectivity index (χ2n) is 7.24. The molecule has 4 rings (SSSR count). The second-order valence-corrected chi connectivity index (χ2v) is 7.24. The summed E-state index contributed by atoms with van der Waals surface area (Å²) in [5.74, 6) is 0.845. The Labute approximate surface area is 158 Å². The second kappa shape index (κ2) is 7.34. The molecule has 1 aliphatic carbocycles. The highest BCUT2D eigenvalue weighted by Crippen LogP contribution is 2.39. The maximum Gasteiger partial charge on any atom is 0.250 e. The maximum atomic E-state index is 12.6. The highest BCUT2D eigenvalue weighted by molar-refractivity contribution is 6.03. The Morgan fingerprint density at radius 2 is 1.81 bits per heavy atom. The van der Waals surface area contributed by atoms with E-state index in [-0.39, 0.29) is 11.8 Å². The van der Waals surface area contributed by atoms with Crippen molar-refractivity contribution in [1.82, 2.24) is 9.97 Å². The Morgan fingerprint density at radius 3 is 2.52 bits per heavy atom. The Morgan fingerprint density at radius 1 is 1.07 bits per heavy atom. The molecule has 2 aliphatic rings. The summed E-state index contributed by atoms with van der Waals surface area (Å²) in [6.45, 7) is 1.55. The first-order valence-corrected chi connectivity index (χ1v) is 9.38. The minimum Gasteiger partial charge on any atom is -0.366 e. The molecular weight excluding hydrogens is 342 g/mol. The Hall–Kier alpha value is -2.96. The van der Waals surface area contributed by atoms with E-state index in [2.05, 4.69) is 26.3 Å². The van der Waals surface area contributed by atoms with E-state index in [1.165, 1.54) is 12.8 Å². The fourth-order valence-electron chi connectivity index (χ4n) is 3.55. The van der Waals surface area contributed by atoms with Gasteiger partial charge in [-0.25, -0.2) is 9.97 Å². The number of nitrogens with two attached hydrogens (primary N) is 1. The van der Waals surface area contributed by atoms with Gasteiger partial charge in [0.25, 0.3) is 5.91 Å². The van der Waals surface area contributed by atoms with E-state index in [0.717, 1.165) is 37.4 Å². The van der Waals surface area contributed by atoms with Crippen molar-refractivity contribution in [2.75, 3.05) is 23.3 Å². The van der Waals surface area contributed by atoms with Crippen molar-refractivity contribution in [2.45, 2.75) is 31.6 Å². The Bertz CT molecular complexity index is 857. The number of para-hydroxylation sites is 1. The molecular formula is C20H23N5O2. The zero-order chi connectivity index (χ0) is 18.8. The molecule has 7 heteroatoms. The van der Waals surface area contributed by atoms with Gasteiger partial charge in [-0.15, -0.1) is 0 Å². The number of nitrogens with one attached hydrogen (secondary N) is 1. The first-order valence-electron chi connectivity index (χ1n) is 9.38. The molecule has 0 spiro atoms. The van der Waals surface area contributed by atoms with Crippen LogP contribution < -0.4 is 16.0 Å². The number of hydrogen-bond donors (Lipinski definition) is 2. The topological polar surface area (TPSA) is 101 Å². The number of rotatable bonds is 5. The van der Waals surface area contributed by atoms with E-state index in [9.17, 15) is 9.59 Å². The summed E-state index contributed by atoms with van der Waals surface area (Å²) in [6, 6.07) is 8.91. The number of piperidine rings is 1. The van der Waals surface area contributed by atoms with Crippen LogP contribution in [0.2, 0.25) is 0 Å². The molecule has 1 aromatic carbocycles. The van der Waals surface area contributed by atoms with Crippen molar-refractivity contribution < 1.29 is 9.59 Å². The average molecular weight is 365 g/mol. The van der Waals surface area contributed by atoms with Crippen molar-refractivity contribution >= 4 is 23.3 Å². The first kappa shape index (κ1) is 17.5. The van der Waals surface area contributed by atoms with Crippen LogP contribution >= 0.6 is 0 Å². The van der Waals surface area contributed by atoms with Crippen molar-refractivity contribution in [3.63, 3.8) is 0 Å². The third-order valence-electron chi connectivity index (χ3n) is 5.31. The van der Waals surface area contributed by atoms with Gasteiger partial charge >= 0.3 is 0 Å². The molecule has 7 nitrogen and oxygen atoms in total. The van der Waals surface area contributed by atoms with Gasteiger partial charge in [0.1, 0.15) is 12.1 Å². The highest BCUT2D eigenvalue weighted by atomic mass is 16.2. The quantitative estimate of drug-likeness (QED) is 0.847. The summed E-state index contributed by atoms with van der Waals surface area (Å²) in [7, 11) is 0. The molecule has 1 saturated carbocycles. The van der Waals surface area contributed by atoms with E-state index in [1.807, 2.05) is 0 Å². The number of amides is 2. The molecule has 0 atom stereocenters. The molecule has 2 amide bonds. The summed E-state index contributed by atoms with van der Waals surface area (Å²) >= 11 is 0. The van der Waals surface area contributed by atoms with Crippen molar-refractivity contribution in [3.05, 3.63) is 47.9 Å². The molecule has 140 valence electrons. The predicted octanol–water partition coefficient (Wildman–Crippen LogP) is 2.31. The molecule has 1 aromatic heterocycles. The van der Waals surface area contributed by atoms with Gasteiger partial charge in [-0.2, -0.15) is 0 Å². The standard InChI is InChI=1S/C20H23N5O2/c21-19(26)15-3-1-2-4-16(15)24-20(27)14-7-9-25(10-8-14)18-11-17(13-5-6-13)22-12-23-18/h1-4,11-14H,5-10H2,(H2,21,26)(H,24,27). The van der Waals surface area contributed by atoms with Gasteiger partial charge in [0, 0.05) is 36.7 Å². The smallest absolute Gasteiger partial charge is 0.250 e.